The van der Waals surface area contributed by atoms with E-state index in [1.807, 2.05) is 39.0 Å². The van der Waals surface area contributed by atoms with Crippen LogP contribution in [0.1, 0.15) is 46.4 Å². The van der Waals surface area contributed by atoms with Gasteiger partial charge in [-0.1, -0.05) is 54.7 Å². The Morgan fingerprint density at radius 1 is 1.07 bits per heavy atom. The average Bonchev–Trinajstić information content (AvgIpc) is 3.18. The number of aryl methyl sites for hydroxylation is 2. The van der Waals surface area contributed by atoms with Gasteiger partial charge in [0.1, 0.15) is 0 Å². The summed E-state index contributed by atoms with van der Waals surface area (Å²) in [4.78, 5) is 12.2. The fraction of sp³-hybridized carbons (Fsp3) is 0.250. The molecule has 0 spiro atoms. The summed E-state index contributed by atoms with van der Waals surface area (Å²) in [6.45, 7) is 5.91. The van der Waals surface area contributed by atoms with Gasteiger partial charge in [-0.05, 0) is 49.1 Å². The van der Waals surface area contributed by atoms with Crippen LogP contribution in [0.25, 0.3) is 0 Å². The van der Waals surface area contributed by atoms with Crippen LogP contribution >= 0.6 is 11.3 Å². The predicted molar refractivity (Wildman–Crippen MR) is 114 cm³/mol. The summed E-state index contributed by atoms with van der Waals surface area (Å²) in [5.41, 5.74) is 3.59. The number of rotatable bonds is 7. The molecule has 0 aliphatic carbocycles. The van der Waals surface area contributed by atoms with E-state index in [0.29, 0.717) is 12.0 Å². The predicted octanol–water partition coefficient (Wildman–Crippen LogP) is 3.84. The molecule has 0 saturated carbocycles. The van der Waals surface area contributed by atoms with Gasteiger partial charge in [0.2, 0.25) is 9.47 Å². The number of hydrogen-bond donors (Lipinski definition) is 2. The number of carbonyl (C=O) groups is 1. The molecule has 29 heavy (non-hydrogen) atoms. The summed E-state index contributed by atoms with van der Waals surface area (Å²) < 4.78 is 28.1. The molecule has 9 heteroatoms. The van der Waals surface area contributed by atoms with Gasteiger partial charge >= 0.3 is 0 Å². The van der Waals surface area contributed by atoms with Gasteiger partial charge in [0.15, 0.2) is 0 Å². The standard InChI is InChI=1S/C20H22N4O3S2/c1-4-17(16-11-10-13(2)14(3)12-16)24-29(26,27)20-23-22-19(28-20)21-18(25)15-8-6-5-7-9-15/h5-12,17,24H,4H2,1-3H3,(H,21,22,25). The summed E-state index contributed by atoms with van der Waals surface area (Å²) in [6, 6.07) is 14.1. The molecule has 1 unspecified atom stereocenters. The average molecular weight is 431 g/mol. The Labute approximate surface area is 174 Å². The molecule has 2 aromatic carbocycles. The maximum absolute atomic E-state index is 12.8. The van der Waals surface area contributed by atoms with E-state index in [0.717, 1.165) is 28.0 Å². The molecule has 152 valence electrons. The smallest absolute Gasteiger partial charge is 0.270 e. The van der Waals surface area contributed by atoms with Crippen molar-refractivity contribution in [2.75, 3.05) is 5.32 Å². The summed E-state index contributed by atoms with van der Waals surface area (Å²) in [5.74, 6) is -0.375. The Kier molecular flexibility index (Phi) is 6.41. The lowest BCUT2D eigenvalue weighted by atomic mass is 10.0. The van der Waals surface area contributed by atoms with Crippen molar-refractivity contribution >= 4 is 32.4 Å². The van der Waals surface area contributed by atoms with Gasteiger partial charge < -0.3 is 0 Å². The summed E-state index contributed by atoms with van der Waals surface area (Å²) in [7, 11) is -3.88. The largest absolute Gasteiger partial charge is 0.296 e. The second-order valence-corrected chi connectivity index (χ2v) is 9.48. The van der Waals surface area contributed by atoms with E-state index in [-0.39, 0.29) is 21.4 Å². The van der Waals surface area contributed by atoms with E-state index in [4.69, 9.17) is 0 Å². The third-order valence-electron chi connectivity index (χ3n) is 4.53. The van der Waals surface area contributed by atoms with Crippen molar-refractivity contribution in [2.45, 2.75) is 37.6 Å². The fourth-order valence-electron chi connectivity index (χ4n) is 2.73. The Morgan fingerprint density at radius 3 is 2.45 bits per heavy atom. The number of aromatic nitrogens is 2. The Bertz CT molecular complexity index is 1110. The Balaban J connectivity index is 1.75. The van der Waals surface area contributed by atoms with Crippen LogP contribution in [-0.2, 0) is 10.0 Å². The maximum atomic E-state index is 12.8. The molecule has 1 heterocycles. The number of anilines is 1. The molecule has 2 N–H and O–H groups in total. The van der Waals surface area contributed by atoms with Crippen molar-refractivity contribution in [1.29, 1.82) is 0 Å². The number of hydrogen-bond acceptors (Lipinski definition) is 6. The normalized spacial score (nSPS) is 12.5. The summed E-state index contributed by atoms with van der Waals surface area (Å²) in [5, 5.41) is 10.2. The van der Waals surface area contributed by atoms with Crippen LogP contribution in [0.2, 0.25) is 0 Å². The van der Waals surface area contributed by atoms with E-state index in [1.54, 1.807) is 30.3 Å². The highest BCUT2D eigenvalue weighted by atomic mass is 32.2. The number of sulfonamides is 1. The van der Waals surface area contributed by atoms with Crippen molar-refractivity contribution in [3.63, 3.8) is 0 Å². The van der Waals surface area contributed by atoms with Crippen LogP contribution in [0.15, 0.2) is 52.9 Å². The topological polar surface area (TPSA) is 101 Å². The molecule has 0 aliphatic heterocycles. The van der Waals surface area contributed by atoms with Gasteiger partial charge in [-0.2, -0.15) is 0 Å². The van der Waals surface area contributed by atoms with Crippen LogP contribution in [-0.4, -0.2) is 24.5 Å². The lowest BCUT2D eigenvalue weighted by molar-refractivity contribution is 0.102. The van der Waals surface area contributed by atoms with Gasteiger partial charge in [0.05, 0.1) is 0 Å². The molecular weight excluding hydrogens is 408 g/mol. The first-order valence-corrected chi connectivity index (χ1v) is 11.4. The molecule has 1 atom stereocenters. The van der Waals surface area contributed by atoms with Gasteiger partial charge in [0.25, 0.3) is 15.9 Å². The lowest BCUT2D eigenvalue weighted by Crippen LogP contribution is -2.28. The molecule has 0 bridgehead atoms. The molecule has 0 saturated heterocycles. The first-order chi connectivity index (χ1) is 13.8. The first kappa shape index (κ1) is 21.1. The van der Waals surface area contributed by atoms with Crippen molar-refractivity contribution in [3.05, 3.63) is 70.8 Å². The molecule has 7 nitrogen and oxygen atoms in total. The summed E-state index contributed by atoms with van der Waals surface area (Å²) >= 11 is 0.811. The van der Waals surface area contributed by atoms with E-state index in [9.17, 15) is 13.2 Å². The van der Waals surface area contributed by atoms with Crippen molar-refractivity contribution < 1.29 is 13.2 Å². The zero-order valence-corrected chi connectivity index (χ0v) is 18.0. The lowest BCUT2D eigenvalue weighted by Gasteiger charge is -2.17. The second kappa shape index (κ2) is 8.81. The minimum absolute atomic E-state index is 0.124. The molecule has 1 aromatic heterocycles. The number of amides is 1. The maximum Gasteiger partial charge on any atom is 0.270 e. The highest BCUT2D eigenvalue weighted by Gasteiger charge is 2.25. The van der Waals surface area contributed by atoms with Gasteiger partial charge in [-0.15, -0.1) is 10.2 Å². The zero-order valence-electron chi connectivity index (χ0n) is 16.3. The first-order valence-electron chi connectivity index (χ1n) is 9.09. The van der Waals surface area contributed by atoms with Gasteiger partial charge in [-0.25, -0.2) is 13.1 Å². The fourth-order valence-corrected chi connectivity index (χ4v) is 4.95. The molecule has 0 aliphatic rings. The van der Waals surface area contributed by atoms with E-state index >= 15 is 0 Å². The van der Waals surface area contributed by atoms with Crippen molar-refractivity contribution in [2.24, 2.45) is 0 Å². The summed E-state index contributed by atoms with van der Waals surface area (Å²) in [6.07, 6.45) is 0.581. The molecular formula is C20H22N4O3S2. The van der Waals surface area contributed by atoms with E-state index < -0.39 is 10.0 Å². The second-order valence-electron chi connectivity index (χ2n) is 6.62. The Morgan fingerprint density at radius 2 is 1.79 bits per heavy atom. The van der Waals surface area contributed by atoms with Gasteiger partial charge in [-0.3, -0.25) is 10.1 Å². The quantitative estimate of drug-likeness (QED) is 0.555. The number of nitrogens with zero attached hydrogens (tertiary/aromatic N) is 2. The molecule has 0 radical (unpaired) electrons. The Hall–Kier alpha value is -2.62. The van der Waals surface area contributed by atoms with Crippen LogP contribution in [0, 0.1) is 13.8 Å². The minimum Gasteiger partial charge on any atom is -0.296 e. The zero-order chi connectivity index (χ0) is 21.0. The van der Waals surface area contributed by atoms with Crippen LogP contribution in [0.5, 0.6) is 0 Å². The highest BCUT2D eigenvalue weighted by molar-refractivity contribution is 7.91. The van der Waals surface area contributed by atoms with E-state index in [1.165, 1.54) is 0 Å². The van der Waals surface area contributed by atoms with Crippen molar-refractivity contribution in [1.82, 2.24) is 14.9 Å². The third-order valence-corrected chi connectivity index (χ3v) is 7.21. The number of carbonyl (C=O) groups excluding carboxylic acids is 1. The van der Waals surface area contributed by atoms with Gasteiger partial charge in [0, 0.05) is 11.6 Å². The molecule has 3 rings (SSSR count). The molecule has 3 aromatic rings. The van der Waals surface area contributed by atoms with Crippen LogP contribution < -0.4 is 10.0 Å². The van der Waals surface area contributed by atoms with E-state index in [2.05, 4.69) is 20.2 Å². The minimum atomic E-state index is -3.88. The SMILES string of the molecule is CCC(NS(=O)(=O)c1nnc(NC(=O)c2ccccc2)s1)c1ccc(C)c(C)c1. The monoisotopic (exact) mass is 430 g/mol. The van der Waals surface area contributed by atoms with Crippen LogP contribution in [0.4, 0.5) is 5.13 Å². The third kappa shape index (κ3) is 5.06. The number of nitrogens with one attached hydrogen (secondary N) is 2. The number of benzene rings is 2. The molecule has 1 amide bonds. The highest BCUT2D eigenvalue weighted by Crippen LogP contribution is 2.25. The van der Waals surface area contributed by atoms with Crippen LogP contribution in [0.3, 0.4) is 0 Å². The van der Waals surface area contributed by atoms with Crippen molar-refractivity contribution in [3.8, 4) is 0 Å². The molecule has 0 fully saturated rings.